The Kier molecular flexibility index (Phi) is 3.33. The third-order valence-corrected chi connectivity index (χ3v) is 3.49. The number of halogens is 2. The van der Waals surface area contributed by atoms with Gasteiger partial charge in [0.1, 0.15) is 5.82 Å². The van der Waals surface area contributed by atoms with Crippen LogP contribution in [-0.2, 0) is 5.54 Å². The first-order chi connectivity index (χ1) is 8.07. The van der Waals surface area contributed by atoms with Crippen molar-refractivity contribution in [3.63, 3.8) is 0 Å². The van der Waals surface area contributed by atoms with Crippen LogP contribution < -0.4 is 10.5 Å². The highest BCUT2D eigenvalue weighted by Gasteiger charge is 2.33. The Labute approximate surface area is 99.8 Å². The summed E-state index contributed by atoms with van der Waals surface area (Å²) in [4.78, 5) is 0. The van der Waals surface area contributed by atoms with Gasteiger partial charge in [-0.2, -0.15) is 0 Å². The van der Waals surface area contributed by atoms with Crippen LogP contribution in [0.2, 0.25) is 0 Å². The highest BCUT2D eigenvalue weighted by Crippen LogP contribution is 2.40. The topological polar surface area (TPSA) is 35.2 Å². The van der Waals surface area contributed by atoms with E-state index in [9.17, 15) is 8.78 Å². The molecule has 0 aromatic heterocycles. The smallest absolute Gasteiger partial charge is 0.168 e. The molecule has 1 aliphatic carbocycles. The lowest BCUT2D eigenvalue weighted by molar-refractivity contribution is 0.282. The van der Waals surface area contributed by atoms with Crippen LogP contribution in [0.4, 0.5) is 8.78 Å². The van der Waals surface area contributed by atoms with Crippen molar-refractivity contribution in [3.05, 3.63) is 29.3 Å². The van der Waals surface area contributed by atoms with Crippen LogP contribution in [0, 0.1) is 11.6 Å². The van der Waals surface area contributed by atoms with Gasteiger partial charge in [-0.05, 0) is 18.9 Å². The van der Waals surface area contributed by atoms with Gasteiger partial charge in [0.25, 0.3) is 0 Å². The summed E-state index contributed by atoms with van der Waals surface area (Å²) in [5.74, 6) is -1.21. The van der Waals surface area contributed by atoms with Crippen molar-refractivity contribution >= 4 is 0 Å². The molecule has 0 bridgehead atoms. The molecule has 2 N–H and O–H groups in total. The van der Waals surface area contributed by atoms with E-state index in [1.165, 1.54) is 13.2 Å². The fourth-order valence-corrected chi connectivity index (χ4v) is 2.59. The number of nitrogens with two attached hydrogens (primary N) is 1. The van der Waals surface area contributed by atoms with Crippen LogP contribution in [0.5, 0.6) is 5.75 Å². The van der Waals surface area contributed by atoms with Gasteiger partial charge in [0.2, 0.25) is 0 Å². The van der Waals surface area contributed by atoms with E-state index in [4.69, 9.17) is 10.5 Å². The Hall–Kier alpha value is -1.16. The molecule has 94 valence electrons. The van der Waals surface area contributed by atoms with Gasteiger partial charge in [-0.15, -0.1) is 0 Å². The Morgan fingerprint density at radius 1 is 1.18 bits per heavy atom. The SMILES string of the molecule is COc1c(F)cc(F)cc1C1(N)CCCCC1. The standard InChI is InChI=1S/C13H17F2NO/c1-17-12-10(7-9(14)8-11(12)15)13(16)5-3-2-4-6-13/h7-8H,2-6,16H2,1H3. The molecule has 1 saturated carbocycles. The van der Waals surface area contributed by atoms with E-state index < -0.39 is 17.2 Å². The number of benzene rings is 1. The lowest BCUT2D eigenvalue weighted by Crippen LogP contribution is -2.39. The largest absolute Gasteiger partial charge is 0.493 e. The van der Waals surface area contributed by atoms with E-state index in [1.807, 2.05) is 0 Å². The molecular formula is C13H17F2NO. The van der Waals surface area contributed by atoms with Crippen molar-refractivity contribution in [2.45, 2.75) is 37.6 Å². The third kappa shape index (κ3) is 2.27. The van der Waals surface area contributed by atoms with Crippen molar-refractivity contribution in [2.75, 3.05) is 7.11 Å². The molecule has 0 aliphatic heterocycles. The number of methoxy groups -OCH3 is 1. The molecule has 1 fully saturated rings. The van der Waals surface area contributed by atoms with Crippen LogP contribution in [0.25, 0.3) is 0 Å². The second-order valence-electron chi connectivity index (χ2n) is 4.69. The zero-order valence-electron chi connectivity index (χ0n) is 9.93. The summed E-state index contributed by atoms with van der Waals surface area (Å²) in [6, 6.07) is 2.13. The lowest BCUT2D eigenvalue weighted by Gasteiger charge is -2.34. The average Bonchev–Trinajstić information content (AvgIpc) is 2.29. The van der Waals surface area contributed by atoms with E-state index in [0.29, 0.717) is 5.56 Å². The van der Waals surface area contributed by atoms with E-state index in [1.54, 1.807) is 0 Å². The second kappa shape index (κ2) is 4.61. The Morgan fingerprint density at radius 2 is 1.82 bits per heavy atom. The van der Waals surface area contributed by atoms with Crippen LogP contribution >= 0.6 is 0 Å². The zero-order valence-corrected chi connectivity index (χ0v) is 9.93. The highest BCUT2D eigenvalue weighted by molar-refractivity contribution is 5.41. The maximum absolute atomic E-state index is 13.6. The molecule has 4 heteroatoms. The number of ether oxygens (including phenoxy) is 1. The number of hydrogen-bond donors (Lipinski definition) is 1. The van der Waals surface area contributed by atoms with Crippen molar-refractivity contribution in [1.82, 2.24) is 0 Å². The van der Waals surface area contributed by atoms with E-state index in [0.717, 1.165) is 38.2 Å². The van der Waals surface area contributed by atoms with Gasteiger partial charge in [-0.25, -0.2) is 8.78 Å². The average molecular weight is 241 g/mol. The second-order valence-corrected chi connectivity index (χ2v) is 4.69. The molecule has 0 heterocycles. The molecular weight excluding hydrogens is 224 g/mol. The summed E-state index contributed by atoms with van der Waals surface area (Å²) >= 11 is 0. The first kappa shape index (κ1) is 12.3. The van der Waals surface area contributed by atoms with E-state index in [2.05, 4.69) is 0 Å². The van der Waals surface area contributed by atoms with Crippen molar-refractivity contribution in [2.24, 2.45) is 5.73 Å². The Morgan fingerprint density at radius 3 is 2.41 bits per heavy atom. The molecule has 2 nitrogen and oxygen atoms in total. The Bertz CT molecular complexity index is 414. The van der Waals surface area contributed by atoms with E-state index in [-0.39, 0.29) is 5.75 Å². The van der Waals surface area contributed by atoms with Gasteiger partial charge in [0, 0.05) is 17.2 Å². The molecule has 0 radical (unpaired) electrons. The van der Waals surface area contributed by atoms with Gasteiger partial charge >= 0.3 is 0 Å². The van der Waals surface area contributed by atoms with Gasteiger partial charge in [-0.3, -0.25) is 0 Å². The first-order valence-electron chi connectivity index (χ1n) is 5.89. The minimum Gasteiger partial charge on any atom is -0.493 e. The monoisotopic (exact) mass is 241 g/mol. The molecule has 0 amide bonds. The summed E-state index contributed by atoms with van der Waals surface area (Å²) in [6.07, 6.45) is 4.58. The predicted octanol–water partition coefficient (Wildman–Crippen LogP) is 3.09. The van der Waals surface area contributed by atoms with Crippen molar-refractivity contribution < 1.29 is 13.5 Å². The van der Waals surface area contributed by atoms with Crippen LogP contribution in [0.15, 0.2) is 12.1 Å². The molecule has 17 heavy (non-hydrogen) atoms. The molecule has 0 atom stereocenters. The number of hydrogen-bond acceptors (Lipinski definition) is 2. The third-order valence-electron chi connectivity index (χ3n) is 3.49. The number of rotatable bonds is 2. The normalized spacial score (nSPS) is 19.1. The summed E-state index contributed by atoms with van der Waals surface area (Å²) in [6.45, 7) is 0. The highest BCUT2D eigenvalue weighted by atomic mass is 19.1. The zero-order chi connectivity index (χ0) is 12.5. The fourth-order valence-electron chi connectivity index (χ4n) is 2.59. The summed E-state index contributed by atoms with van der Waals surface area (Å²) in [5.41, 5.74) is 6.08. The Balaban J connectivity index is 2.49. The molecule has 0 spiro atoms. The molecule has 2 rings (SSSR count). The minimum absolute atomic E-state index is 0.0794. The van der Waals surface area contributed by atoms with Crippen LogP contribution in [-0.4, -0.2) is 7.11 Å². The van der Waals surface area contributed by atoms with Gasteiger partial charge in [-0.1, -0.05) is 19.3 Å². The summed E-state index contributed by atoms with van der Waals surface area (Å²) < 4.78 is 32.0. The van der Waals surface area contributed by atoms with E-state index >= 15 is 0 Å². The van der Waals surface area contributed by atoms with Crippen LogP contribution in [0.3, 0.4) is 0 Å². The van der Waals surface area contributed by atoms with Gasteiger partial charge < -0.3 is 10.5 Å². The fraction of sp³-hybridized carbons (Fsp3) is 0.538. The molecule has 0 saturated heterocycles. The minimum atomic E-state index is -0.683. The molecule has 1 aromatic rings. The summed E-state index contributed by atoms with van der Waals surface area (Å²) in [7, 11) is 1.38. The quantitative estimate of drug-likeness (QED) is 0.863. The lowest BCUT2D eigenvalue weighted by atomic mass is 9.77. The maximum Gasteiger partial charge on any atom is 0.168 e. The van der Waals surface area contributed by atoms with Gasteiger partial charge in [0.15, 0.2) is 11.6 Å². The van der Waals surface area contributed by atoms with Crippen LogP contribution in [0.1, 0.15) is 37.7 Å². The molecule has 1 aromatic carbocycles. The first-order valence-corrected chi connectivity index (χ1v) is 5.89. The maximum atomic E-state index is 13.6. The molecule has 0 unspecified atom stereocenters. The van der Waals surface area contributed by atoms with Crippen molar-refractivity contribution in [1.29, 1.82) is 0 Å². The summed E-state index contributed by atoms with van der Waals surface area (Å²) in [5, 5.41) is 0. The molecule has 1 aliphatic rings. The predicted molar refractivity (Wildman–Crippen MR) is 61.9 cm³/mol. The van der Waals surface area contributed by atoms with Gasteiger partial charge in [0.05, 0.1) is 7.11 Å². The van der Waals surface area contributed by atoms with Crippen molar-refractivity contribution in [3.8, 4) is 5.75 Å².